The second kappa shape index (κ2) is 12.0. The van der Waals surface area contributed by atoms with Crippen molar-refractivity contribution >= 4 is 29.9 Å². The van der Waals surface area contributed by atoms with E-state index in [4.69, 9.17) is 0 Å². The van der Waals surface area contributed by atoms with Crippen LogP contribution in [0.1, 0.15) is 37.8 Å². The number of aliphatic hydroxyl groups is 1. The van der Waals surface area contributed by atoms with Crippen molar-refractivity contribution in [2.45, 2.75) is 39.8 Å². The van der Waals surface area contributed by atoms with E-state index >= 15 is 0 Å². The van der Waals surface area contributed by atoms with Gasteiger partial charge in [-0.2, -0.15) is 0 Å². The maximum Gasteiger partial charge on any atom is 0.191 e. The fourth-order valence-corrected chi connectivity index (χ4v) is 1.76. The van der Waals surface area contributed by atoms with Crippen LogP contribution in [0.3, 0.4) is 0 Å². The van der Waals surface area contributed by atoms with E-state index in [0.29, 0.717) is 6.54 Å². The van der Waals surface area contributed by atoms with E-state index in [9.17, 15) is 5.11 Å². The first-order valence-electron chi connectivity index (χ1n) is 7.01. The number of unbranched alkanes of at least 4 members (excludes halogenated alkanes) is 1. The summed E-state index contributed by atoms with van der Waals surface area (Å²) in [5.74, 6) is 0.837. The van der Waals surface area contributed by atoms with Gasteiger partial charge in [0.15, 0.2) is 5.96 Å². The highest BCUT2D eigenvalue weighted by Crippen LogP contribution is 2.09. The van der Waals surface area contributed by atoms with Crippen LogP contribution in [-0.4, -0.2) is 24.2 Å². The van der Waals surface area contributed by atoms with E-state index in [0.717, 1.165) is 36.6 Å². The molecule has 4 nitrogen and oxygen atoms in total. The van der Waals surface area contributed by atoms with Gasteiger partial charge in [-0.3, -0.25) is 0 Å². The van der Waals surface area contributed by atoms with Crippen molar-refractivity contribution in [3.05, 3.63) is 35.4 Å². The van der Waals surface area contributed by atoms with Crippen molar-refractivity contribution in [3.8, 4) is 0 Å². The summed E-state index contributed by atoms with van der Waals surface area (Å²) in [6, 6.07) is 7.85. The highest BCUT2D eigenvalue weighted by Gasteiger charge is 2.01. The van der Waals surface area contributed by atoms with Gasteiger partial charge in [0.2, 0.25) is 0 Å². The normalized spacial score (nSPS) is 10.8. The minimum absolute atomic E-state index is 0. The first kappa shape index (κ1) is 19.2. The van der Waals surface area contributed by atoms with Gasteiger partial charge in [-0.1, -0.05) is 37.6 Å². The van der Waals surface area contributed by atoms with Gasteiger partial charge >= 0.3 is 0 Å². The minimum atomic E-state index is 0. The lowest BCUT2D eigenvalue weighted by atomic mass is 10.1. The maximum absolute atomic E-state index is 9.28. The average molecular weight is 391 g/mol. The molecule has 0 fully saturated rings. The van der Waals surface area contributed by atoms with Crippen molar-refractivity contribution < 1.29 is 5.11 Å². The van der Waals surface area contributed by atoms with Crippen LogP contribution < -0.4 is 10.6 Å². The number of hydrogen-bond donors (Lipinski definition) is 3. The number of aliphatic imine (C=N–C) groups is 1. The van der Waals surface area contributed by atoms with Crippen LogP contribution in [0.5, 0.6) is 0 Å². The Bertz CT molecular complexity index is 396. The number of nitrogens with zero attached hydrogens (tertiary/aromatic N) is 1. The second-order valence-corrected chi connectivity index (χ2v) is 4.40. The molecule has 3 N–H and O–H groups in total. The van der Waals surface area contributed by atoms with Crippen molar-refractivity contribution in [3.63, 3.8) is 0 Å². The predicted molar refractivity (Wildman–Crippen MR) is 95.5 cm³/mol. The topological polar surface area (TPSA) is 56.7 Å². The zero-order valence-electron chi connectivity index (χ0n) is 12.4. The number of nitrogens with one attached hydrogen (secondary N) is 2. The summed E-state index contributed by atoms with van der Waals surface area (Å²) in [6.07, 6.45) is 2.30. The van der Waals surface area contributed by atoms with Gasteiger partial charge in [-0.25, -0.2) is 4.99 Å². The van der Waals surface area contributed by atoms with Gasteiger partial charge in [-0.15, -0.1) is 24.0 Å². The molecule has 0 aliphatic heterocycles. The van der Waals surface area contributed by atoms with Gasteiger partial charge in [0.05, 0.1) is 13.2 Å². The zero-order valence-corrected chi connectivity index (χ0v) is 14.7. The molecule has 0 spiro atoms. The molecule has 0 saturated carbocycles. The molecule has 0 radical (unpaired) electrons. The van der Waals surface area contributed by atoms with Gasteiger partial charge in [-0.05, 0) is 24.5 Å². The van der Waals surface area contributed by atoms with Gasteiger partial charge in [0.25, 0.3) is 0 Å². The summed E-state index contributed by atoms with van der Waals surface area (Å²) in [5, 5.41) is 15.8. The smallest absolute Gasteiger partial charge is 0.191 e. The summed E-state index contributed by atoms with van der Waals surface area (Å²) >= 11 is 0. The molecule has 0 aliphatic carbocycles. The van der Waals surface area contributed by atoms with Crippen LogP contribution in [0, 0.1) is 0 Å². The van der Waals surface area contributed by atoms with Crippen molar-refractivity contribution in [2.24, 2.45) is 4.99 Å². The number of halogens is 1. The third-order valence-corrected chi connectivity index (χ3v) is 2.86. The largest absolute Gasteiger partial charge is 0.392 e. The van der Waals surface area contributed by atoms with Gasteiger partial charge in [0, 0.05) is 13.1 Å². The van der Waals surface area contributed by atoms with E-state index in [1.54, 1.807) is 0 Å². The Morgan fingerprint density at radius 2 is 1.85 bits per heavy atom. The molecule has 114 valence electrons. The third kappa shape index (κ3) is 7.09. The number of benzene rings is 1. The van der Waals surface area contributed by atoms with Crippen LogP contribution in [0.4, 0.5) is 0 Å². The van der Waals surface area contributed by atoms with Crippen LogP contribution in [0.25, 0.3) is 0 Å². The predicted octanol–water partition coefficient (Wildman–Crippen LogP) is 2.65. The second-order valence-electron chi connectivity index (χ2n) is 4.40. The molecule has 0 amide bonds. The van der Waals surface area contributed by atoms with E-state index in [2.05, 4.69) is 29.5 Å². The Labute approximate surface area is 139 Å². The molecular formula is C15H26IN3O. The van der Waals surface area contributed by atoms with Crippen LogP contribution in [-0.2, 0) is 13.2 Å². The Morgan fingerprint density at radius 3 is 2.45 bits per heavy atom. The molecule has 1 aromatic rings. The molecule has 5 heteroatoms. The summed E-state index contributed by atoms with van der Waals surface area (Å²) in [4.78, 5) is 4.55. The van der Waals surface area contributed by atoms with E-state index in [1.165, 1.54) is 6.42 Å². The van der Waals surface area contributed by atoms with Crippen molar-refractivity contribution in [1.82, 2.24) is 10.6 Å². The number of hydrogen-bond acceptors (Lipinski definition) is 2. The molecule has 0 saturated heterocycles. The van der Waals surface area contributed by atoms with E-state index in [-0.39, 0.29) is 30.6 Å². The van der Waals surface area contributed by atoms with Gasteiger partial charge in [0.1, 0.15) is 0 Å². The lowest BCUT2D eigenvalue weighted by molar-refractivity contribution is 0.280. The Hall–Kier alpha value is -0.820. The summed E-state index contributed by atoms with van der Waals surface area (Å²) < 4.78 is 0. The van der Waals surface area contributed by atoms with Crippen LogP contribution in [0.2, 0.25) is 0 Å². The lowest BCUT2D eigenvalue weighted by Gasteiger charge is -2.11. The Balaban J connectivity index is 0.00000361. The summed E-state index contributed by atoms with van der Waals surface area (Å²) in [6.45, 7) is 6.65. The molecule has 20 heavy (non-hydrogen) atoms. The quantitative estimate of drug-likeness (QED) is 0.290. The molecule has 1 aromatic carbocycles. The average Bonchev–Trinajstić information content (AvgIpc) is 2.45. The first-order valence-corrected chi connectivity index (χ1v) is 7.01. The monoisotopic (exact) mass is 391 g/mol. The fourth-order valence-electron chi connectivity index (χ4n) is 1.76. The van der Waals surface area contributed by atoms with Crippen molar-refractivity contribution in [2.75, 3.05) is 13.1 Å². The van der Waals surface area contributed by atoms with E-state index in [1.807, 2.05) is 24.3 Å². The number of guanidine groups is 1. The molecular weight excluding hydrogens is 365 g/mol. The van der Waals surface area contributed by atoms with Crippen molar-refractivity contribution in [1.29, 1.82) is 0 Å². The first-order chi connectivity index (χ1) is 9.31. The maximum atomic E-state index is 9.28. The Kier molecular flexibility index (Phi) is 11.5. The lowest BCUT2D eigenvalue weighted by Crippen LogP contribution is -2.37. The SMILES string of the molecule is CCCCNC(=NCc1ccccc1CO)NCC.I. The van der Waals surface area contributed by atoms with E-state index < -0.39 is 0 Å². The fraction of sp³-hybridized carbons (Fsp3) is 0.533. The molecule has 0 aromatic heterocycles. The Morgan fingerprint density at radius 1 is 1.15 bits per heavy atom. The minimum Gasteiger partial charge on any atom is -0.392 e. The van der Waals surface area contributed by atoms with Crippen LogP contribution >= 0.6 is 24.0 Å². The number of rotatable bonds is 7. The molecule has 0 aliphatic rings. The molecule has 0 bridgehead atoms. The number of aliphatic hydroxyl groups excluding tert-OH is 1. The molecule has 1 rings (SSSR count). The molecule has 0 heterocycles. The third-order valence-electron chi connectivity index (χ3n) is 2.86. The molecule has 0 atom stereocenters. The zero-order chi connectivity index (χ0) is 13.9. The standard InChI is InChI=1S/C15H25N3O.HI/c1-3-5-10-17-15(16-4-2)18-11-13-8-6-7-9-14(13)12-19;/h6-9,19H,3-5,10-12H2,1-2H3,(H2,16,17,18);1H. The summed E-state index contributed by atoms with van der Waals surface area (Å²) in [5.41, 5.74) is 2.01. The summed E-state index contributed by atoms with van der Waals surface area (Å²) in [7, 11) is 0. The molecule has 0 unspecified atom stereocenters. The highest BCUT2D eigenvalue weighted by molar-refractivity contribution is 14.0. The van der Waals surface area contributed by atoms with Gasteiger partial charge < -0.3 is 15.7 Å². The highest BCUT2D eigenvalue weighted by atomic mass is 127. The van der Waals surface area contributed by atoms with Crippen LogP contribution in [0.15, 0.2) is 29.3 Å².